The Bertz CT molecular complexity index is 399. The Morgan fingerprint density at radius 2 is 2.06 bits per heavy atom. The molecule has 1 atom stereocenters. The molecule has 1 unspecified atom stereocenters. The second kappa shape index (κ2) is 3.47. The third-order valence-corrected chi connectivity index (χ3v) is 3.92. The van der Waals surface area contributed by atoms with Crippen LogP contribution in [-0.2, 0) is 6.42 Å². The summed E-state index contributed by atoms with van der Waals surface area (Å²) in [5.74, 6) is 1.33. The first-order valence-electron chi connectivity index (χ1n) is 5.85. The summed E-state index contributed by atoms with van der Waals surface area (Å²) in [5, 5.41) is 9.39. The van der Waals surface area contributed by atoms with E-state index >= 15 is 0 Å². The van der Waals surface area contributed by atoms with Gasteiger partial charge in [0.05, 0.1) is 12.7 Å². The van der Waals surface area contributed by atoms with Crippen LogP contribution in [0.1, 0.15) is 18.4 Å². The molecule has 0 amide bonds. The number of nitrogens with two attached hydrogens (primary N) is 1. The Hall–Kier alpha value is -1.06. The van der Waals surface area contributed by atoms with Gasteiger partial charge in [-0.25, -0.2) is 0 Å². The number of aliphatic hydroxyl groups excluding tert-OH is 1. The third kappa shape index (κ3) is 1.51. The van der Waals surface area contributed by atoms with E-state index in [1.165, 1.54) is 5.56 Å². The molecule has 1 heterocycles. The van der Waals surface area contributed by atoms with Crippen LogP contribution in [-0.4, -0.2) is 23.4 Å². The number of rotatable bonds is 1. The van der Waals surface area contributed by atoms with Crippen molar-refractivity contribution < 1.29 is 9.84 Å². The van der Waals surface area contributed by atoms with Crippen LogP contribution < -0.4 is 10.5 Å². The Morgan fingerprint density at radius 1 is 1.31 bits per heavy atom. The smallest absolute Gasteiger partial charge is 0.122 e. The lowest BCUT2D eigenvalue weighted by molar-refractivity contribution is -0.0235. The molecule has 0 spiro atoms. The Morgan fingerprint density at radius 3 is 2.81 bits per heavy atom. The van der Waals surface area contributed by atoms with Gasteiger partial charge in [0.15, 0.2) is 0 Å². The minimum absolute atomic E-state index is 0.206. The quantitative estimate of drug-likeness (QED) is 0.743. The minimum Gasteiger partial charge on any atom is -0.493 e. The van der Waals surface area contributed by atoms with Crippen molar-refractivity contribution in [2.45, 2.75) is 30.9 Å². The molecule has 1 aliphatic carbocycles. The van der Waals surface area contributed by atoms with E-state index in [0.717, 1.165) is 12.2 Å². The fourth-order valence-electron chi connectivity index (χ4n) is 2.85. The fourth-order valence-corrected chi connectivity index (χ4v) is 2.85. The summed E-state index contributed by atoms with van der Waals surface area (Å²) in [5.41, 5.74) is 7.31. The van der Waals surface area contributed by atoms with Crippen LogP contribution in [0, 0.1) is 5.92 Å². The highest BCUT2D eigenvalue weighted by atomic mass is 16.5. The van der Waals surface area contributed by atoms with E-state index in [2.05, 4.69) is 6.07 Å². The molecule has 1 fully saturated rings. The Labute approximate surface area is 95.2 Å². The molecule has 2 aliphatic rings. The molecule has 0 aromatic heterocycles. The molecule has 3 N–H and O–H groups in total. The molecule has 1 saturated carbocycles. The lowest BCUT2D eigenvalue weighted by Crippen LogP contribution is -2.61. The Kier molecular flexibility index (Phi) is 2.19. The number of ether oxygens (including phenoxy) is 1. The average Bonchev–Trinajstić information content (AvgIpc) is 2.26. The maximum atomic E-state index is 9.39. The zero-order valence-corrected chi connectivity index (χ0v) is 9.23. The molecule has 3 heteroatoms. The minimum atomic E-state index is -0.215. The molecular weight excluding hydrogens is 202 g/mol. The first-order chi connectivity index (χ1) is 7.67. The number of fused-ring (bicyclic) bond motifs is 1. The second-order valence-corrected chi connectivity index (χ2v) is 5.12. The third-order valence-electron chi connectivity index (χ3n) is 3.92. The topological polar surface area (TPSA) is 55.5 Å². The summed E-state index contributed by atoms with van der Waals surface area (Å²) in [7, 11) is 0. The van der Waals surface area contributed by atoms with Crippen molar-refractivity contribution in [3.8, 4) is 5.75 Å². The summed E-state index contributed by atoms with van der Waals surface area (Å²) in [6.45, 7) is 0.681. The van der Waals surface area contributed by atoms with E-state index in [1.807, 2.05) is 18.2 Å². The summed E-state index contributed by atoms with van der Waals surface area (Å²) in [6.07, 6.45) is 2.19. The van der Waals surface area contributed by atoms with Gasteiger partial charge in [-0.3, -0.25) is 0 Å². The van der Waals surface area contributed by atoms with Crippen molar-refractivity contribution in [1.29, 1.82) is 0 Å². The maximum Gasteiger partial charge on any atom is 0.122 e. The van der Waals surface area contributed by atoms with Gasteiger partial charge < -0.3 is 15.6 Å². The van der Waals surface area contributed by atoms with Crippen LogP contribution in [0.15, 0.2) is 24.3 Å². The van der Waals surface area contributed by atoms with Crippen molar-refractivity contribution in [3.05, 3.63) is 29.8 Å². The van der Waals surface area contributed by atoms with Crippen LogP contribution >= 0.6 is 0 Å². The molecule has 0 bridgehead atoms. The summed E-state index contributed by atoms with van der Waals surface area (Å²) >= 11 is 0. The van der Waals surface area contributed by atoms with Crippen molar-refractivity contribution in [2.75, 3.05) is 6.61 Å². The van der Waals surface area contributed by atoms with Crippen LogP contribution in [0.5, 0.6) is 5.75 Å². The van der Waals surface area contributed by atoms with Crippen molar-refractivity contribution in [1.82, 2.24) is 0 Å². The SMILES string of the molecule is NC1(C2COc3ccccc3C2)CC(O)C1. The van der Waals surface area contributed by atoms with Gasteiger partial charge in [-0.05, 0) is 30.9 Å². The van der Waals surface area contributed by atoms with E-state index in [-0.39, 0.29) is 11.6 Å². The fraction of sp³-hybridized carbons (Fsp3) is 0.538. The van der Waals surface area contributed by atoms with E-state index in [1.54, 1.807) is 0 Å². The van der Waals surface area contributed by atoms with E-state index in [0.29, 0.717) is 25.4 Å². The largest absolute Gasteiger partial charge is 0.493 e. The van der Waals surface area contributed by atoms with Gasteiger partial charge in [-0.1, -0.05) is 18.2 Å². The van der Waals surface area contributed by atoms with Gasteiger partial charge in [0, 0.05) is 11.5 Å². The van der Waals surface area contributed by atoms with Crippen LogP contribution in [0.4, 0.5) is 0 Å². The average molecular weight is 219 g/mol. The van der Waals surface area contributed by atoms with Gasteiger partial charge in [0.1, 0.15) is 5.75 Å². The van der Waals surface area contributed by atoms with Gasteiger partial charge in [-0.2, -0.15) is 0 Å². The zero-order chi connectivity index (χ0) is 11.2. The lowest BCUT2D eigenvalue weighted by atomic mass is 9.65. The molecule has 0 radical (unpaired) electrons. The van der Waals surface area contributed by atoms with Gasteiger partial charge in [0.2, 0.25) is 0 Å². The monoisotopic (exact) mass is 219 g/mol. The van der Waals surface area contributed by atoms with Crippen LogP contribution in [0.25, 0.3) is 0 Å². The van der Waals surface area contributed by atoms with Gasteiger partial charge in [0.25, 0.3) is 0 Å². The maximum absolute atomic E-state index is 9.39. The first-order valence-corrected chi connectivity index (χ1v) is 5.85. The number of hydrogen-bond acceptors (Lipinski definition) is 3. The number of hydrogen-bond donors (Lipinski definition) is 2. The van der Waals surface area contributed by atoms with Gasteiger partial charge >= 0.3 is 0 Å². The van der Waals surface area contributed by atoms with E-state index < -0.39 is 0 Å². The highest BCUT2D eigenvalue weighted by Crippen LogP contribution is 2.41. The summed E-state index contributed by atoms with van der Waals surface area (Å²) in [4.78, 5) is 0. The lowest BCUT2D eigenvalue weighted by Gasteiger charge is -2.48. The van der Waals surface area contributed by atoms with E-state index in [4.69, 9.17) is 10.5 Å². The number of para-hydroxylation sites is 1. The molecule has 3 nitrogen and oxygen atoms in total. The standard InChI is InChI=1S/C13H17NO2/c14-13(6-11(15)7-13)10-5-9-3-1-2-4-12(9)16-8-10/h1-4,10-11,15H,5-8,14H2. The summed E-state index contributed by atoms with van der Waals surface area (Å²) < 4.78 is 5.73. The molecule has 3 rings (SSSR count). The second-order valence-electron chi connectivity index (χ2n) is 5.12. The summed E-state index contributed by atoms with van der Waals surface area (Å²) in [6, 6.07) is 8.12. The zero-order valence-electron chi connectivity index (χ0n) is 9.23. The molecule has 16 heavy (non-hydrogen) atoms. The van der Waals surface area contributed by atoms with Gasteiger partial charge in [-0.15, -0.1) is 0 Å². The molecule has 86 valence electrons. The molecular formula is C13H17NO2. The number of benzene rings is 1. The van der Waals surface area contributed by atoms with Crippen molar-refractivity contribution in [3.63, 3.8) is 0 Å². The molecule has 0 saturated heterocycles. The van der Waals surface area contributed by atoms with Crippen LogP contribution in [0.3, 0.4) is 0 Å². The molecule has 1 aromatic carbocycles. The highest BCUT2D eigenvalue weighted by Gasteiger charge is 2.47. The predicted molar refractivity (Wildman–Crippen MR) is 61.3 cm³/mol. The molecule has 1 aromatic rings. The normalized spacial score (nSPS) is 37.1. The van der Waals surface area contributed by atoms with Crippen molar-refractivity contribution >= 4 is 0 Å². The number of aliphatic hydroxyl groups is 1. The predicted octanol–water partition coefficient (Wildman–Crippen LogP) is 1.09. The van der Waals surface area contributed by atoms with Crippen LogP contribution in [0.2, 0.25) is 0 Å². The Balaban J connectivity index is 1.78. The highest BCUT2D eigenvalue weighted by molar-refractivity contribution is 5.36. The van der Waals surface area contributed by atoms with E-state index in [9.17, 15) is 5.11 Å². The molecule has 1 aliphatic heterocycles. The first kappa shape index (κ1) is 10.1. The van der Waals surface area contributed by atoms with Crippen molar-refractivity contribution in [2.24, 2.45) is 11.7 Å².